The van der Waals surface area contributed by atoms with Crippen molar-refractivity contribution in [3.63, 3.8) is 0 Å². The molecule has 0 radical (unpaired) electrons. The molecule has 3 aromatic rings. The molecule has 0 spiro atoms. The largest absolute Gasteiger partial charge is 0.354 e. The van der Waals surface area contributed by atoms with E-state index < -0.39 is 16.1 Å². The monoisotopic (exact) mass is 617 g/mol. The third-order valence-electron chi connectivity index (χ3n) is 6.52. The van der Waals surface area contributed by atoms with Crippen molar-refractivity contribution in [3.05, 3.63) is 100 Å². The van der Waals surface area contributed by atoms with Crippen molar-refractivity contribution in [1.29, 1.82) is 0 Å². The molecule has 0 unspecified atom stereocenters. The van der Waals surface area contributed by atoms with E-state index in [4.69, 9.17) is 23.2 Å². The number of halogens is 2. The van der Waals surface area contributed by atoms with Gasteiger partial charge in [0.05, 0.1) is 11.9 Å². The van der Waals surface area contributed by atoms with Gasteiger partial charge in [0.15, 0.2) is 0 Å². The highest BCUT2D eigenvalue weighted by atomic mass is 35.5. The molecular formula is C31H37Cl2N3O4S. The van der Waals surface area contributed by atoms with Crippen molar-refractivity contribution in [2.75, 3.05) is 23.7 Å². The van der Waals surface area contributed by atoms with Crippen LogP contribution in [0.5, 0.6) is 0 Å². The van der Waals surface area contributed by atoms with Gasteiger partial charge in [-0.05, 0) is 53.8 Å². The Balaban J connectivity index is 1.88. The molecule has 1 atom stereocenters. The summed E-state index contributed by atoms with van der Waals surface area (Å²) >= 11 is 12.5. The first-order valence-electron chi connectivity index (χ1n) is 13.5. The van der Waals surface area contributed by atoms with E-state index in [0.29, 0.717) is 28.7 Å². The fraction of sp³-hybridized carbons (Fsp3) is 0.355. The average molecular weight is 619 g/mol. The van der Waals surface area contributed by atoms with Gasteiger partial charge in [-0.25, -0.2) is 8.42 Å². The van der Waals surface area contributed by atoms with Gasteiger partial charge in [-0.1, -0.05) is 85.6 Å². The molecule has 41 heavy (non-hydrogen) atoms. The van der Waals surface area contributed by atoms with Gasteiger partial charge in [-0.15, -0.1) is 0 Å². The summed E-state index contributed by atoms with van der Waals surface area (Å²) < 4.78 is 26.4. The minimum absolute atomic E-state index is 0.0345. The summed E-state index contributed by atoms with van der Waals surface area (Å²) in [6, 6.07) is 22.5. The zero-order chi connectivity index (χ0) is 30.0. The summed E-state index contributed by atoms with van der Waals surface area (Å²) in [4.78, 5) is 29.0. The number of amides is 2. The lowest BCUT2D eigenvalue weighted by atomic mass is 10.0. The highest BCUT2D eigenvalue weighted by Gasteiger charge is 2.31. The molecule has 0 aliphatic carbocycles. The summed E-state index contributed by atoms with van der Waals surface area (Å²) in [6.45, 7) is 4.72. The second-order valence-corrected chi connectivity index (χ2v) is 13.1. The maximum Gasteiger partial charge on any atom is 0.243 e. The molecule has 3 rings (SSSR count). The van der Waals surface area contributed by atoms with E-state index in [1.807, 2.05) is 62.4 Å². The highest BCUT2D eigenvalue weighted by Crippen LogP contribution is 2.23. The molecule has 0 saturated carbocycles. The van der Waals surface area contributed by atoms with Crippen molar-refractivity contribution >= 4 is 50.7 Å². The van der Waals surface area contributed by atoms with Crippen LogP contribution in [-0.4, -0.2) is 50.5 Å². The maximum absolute atomic E-state index is 13.9. The van der Waals surface area contributed by atoms with Crippen molar-refractivity contribution in [1.82, 2.24) is 10.2 Å². The number of carbonyl (C=O) groups excluding carboxylic acids is 2. The normalized spacial score (nSPS) is 12.1. The number of carbonyl (C=O) groups is 2. The Morgan fingerprint density at radius 2 is 1.54 bits per heavy atom. The number of rotatable bonds is 14. The van der Waals surface area contributed by atoms with Crippen LogP contribution in [0.25, 0.3) is 0 Å². The third-order valence-corrected chi connectivity index (χ3v) is 8.34. The van der Waals surface area contributed by atoms with Gasteiger partial charge in [0.25, 0.3) is 0 Å². The van der Waals surface area contributed by atoms with Crippen molar-refractivity contribution in [3.8, 4) is 0 Å². The summed E-state index contributed by atoms with van der Waals surface area (Å²) in [7, 11) is -3.61. The van der Waals surface area contributed by atoms with Gasteiger partial charge in [0.1, 0.15) is 6.04 Å². The van der Waals surface area contributed by atoms with Crippen molar-refractivity contribution in [2.24, 2.45) is 5.92 Å². The maximum atomic E-state index is 13.9. The van der Waals surface area contributed by atoms with E-state index in [9.17, 15) is 18.0 Å². The number of hydrogen-bond donors (Lipinski definition) is 1. The van der Waals surface area contributed by atoms with Gasteiger partial charge in [-0.2, -0.15) is 0 Å². The van der Waals surface area contributed by atoms with Gasteiger partial charge in [-0.3, -0.25) is 13.9 Å². The Hall–Kier alpha value is -3.07. The number of hydrogen-bond acceptors (Lipinski definition) is 4. The second kappa shape index (κ2) is 15.2. The molecule has 3 aromatic carbocycles. The van der Waals surface area contributed by atoms with Crippen molar-refractivity contribution < 1.29 is 18.0 Å². The van der Waals surface area contributed by atoms with Gasteiger partial charge in [0, 0.05) is 42.5 Å². The summed E-state index contributed by atoms with van der Waals surface area (Å²) in [5.41, 5.74) is 2.10. The fourth-order valence-electron chi connectivity index (χ4n) is 4.40. The Morgan fingerprint density at radius 3 is 2.15 bits per heavy atom. The molecule has 0 aliphatic heterocycles. The number of nitrogens with one attached hydrogen (secondary N) is 1. The number of nitrogens with zero attached hydrogens (tertiary/aromatic N) is 2. The van der Waals surface area contributed by atoms with Crippen LogP contribution in [0.4, 0.5) is 5.69 Å². The van der Waals surface area contributed by atoms with Gasteiger partial charge in [0.2, 0.25) is 21.8 Å². The minimum Gasteiger partial charge on any atom is -0.354 e. The third kappa shape index (κ3) is 10.1. The predicted molar refractivity (Wildman–Crippen MR) is 167 cm³/mol. The summed E-state index contributed by atoms with van der Waals surface area (Å²) in [5, 5.41) is 3.99. The Kier molecular flexibility index (Phi) is 12.1. The van der Waals surface area contributed by atoms with E-state index in [1.165, 1.54) is 4.31 Å². The smallest absolute Gasteiger partial charge is 0.243 e. The second-order valence-electron chi connectivity index (χ2n) is 10.4. The lowest BCUT2D eigenvalue weighted by molar-refractivity contribution is -0.141. The minimum atomic E-state index is -3.61. The first-order valence-corrected chi connectivity index (χ1v) is 16.1. The van der Waals surface area contributed by atoms with Crippen LogP contribution in [0, 0.1) is 5.92 Å². The molecule has 2 amide bonds. The zero-order valence-electron chi connectivity index (χ0n) is 23.6. The molecule has 220 valence electrons. The molecular weight excluding hydrogens is 581 g/mol. The van der Waals surface area contributed by atoms with Crippen LogP contribution in [-0.2, 0) is 32.6 Å². The number of sulfonamides is 1. The average Bonchev–Trinajstić information content (AvgIpc) is 2.93. The predicted octanol–water partition coefficient (Wildman–Crippen LogP) is 5.95. The van der Waals surface area contributed by atoms with E-state index in [-0.39, 0.29) is 43.7 Å². The molecule has 0 heterocycles. The molecule has 1 N–H and O–H groups in total. The molecule has 7 nitrogen and oxygen atoms in total. The van der Waals surface area contributed by atoms with E-state index in [0.717, 1.165) is 17.4 Å². The van der Waals surface area contributed by atoms with Crippen LogP contribution in [0.15, 0.2) is 78.9 Å². The fourth-order valence-corrected chi connectivity index (χ4v) is 5.68. The number of anilines is 1. The van der Waals surface area contributed by atoms with Crippen LogP contribution in [0.2, 0.25) is 10.0 Å². The lowest BCUT2D eigenvalue weighted by Crippen LogP contribution is -2.51. The SMILES string of the molecule is CC(C)CNC(=O)[C@@H](Cc1ccccc1)N(Cc1ccccc1Cl)C(=O)CCCN(c1ccc(Cl)cc1)S(C)(=O)=O. The lowest BCUT2D eigenvalue weighted by Gasteiger charge is -2.32. The molecule has 0 aliphatic rings. The quantitative estimate of drug-likeness (QED) is 0.242. The van der Waals surface area contributed by atoms with Crippen LogP contribution >= 0.6 is 23.2 Å². The Labute approximate surface area is 253 Å². The zero-order valence-corrected chi connectivity index (χ0v) is 25.9. The Bertz CT molecular complexity index is 1400. The molecule has 0 fully saturated rings. The first-order chi connectivity index (χ1) is 19.5. The standard InChI is InChI=1S/C31H37Cl2N3O4S/c1-23(2)21-34-31(38)29(20-24-10-5-4-6-11-24)35(22-25-12-7-8-13-28(25)33)30(37)14-9-19-36(41(3,39)40)27-17-15-26(32)16-18-27/h4-8,10-13,15-18,23,29H,9,14,19-22H2,1-3H3,(H,34,38)/t29-/m1/s1. The van der Waals surface area contributed by atoms with E-state index in [2.05, 4.69) is 5.32 Å². The summed E-state index contributed by atoms with van der Waals surface area (Å²) in [6.07, 6.45) is 1.73. The van der Waals surface area contributed by atoms with Gasteiger partial charge < -0.3 is 10.2 Å². The van der Waals surface area contributed by atoms with E-state index >= 15 is 0 Å². The molecule has 0 aromatic heterocycles. The van der Waals surface area contributed by atoms with E-state index in [1.54, 1.807) is 35.2 Å². The Morgan fingerprint density at radius 1 is 0.902 bits per heavy atom. The van der Waals surface area contributed by atoms with Crippen LogP contribution < -0.4 is 9.62 Å². The van der Waals surface area contributed by atoms with Crippen LogP contribution in [0.3, 0.4) is 0 Å². The van der Waals surface area contributed by atoms with Crippen molar-refractivity contribution in [2.45, 2.75) is 45.7 Å². The molecule has 0 saturated heterocycles. The van der Waals surface area contributed by atoms with Crippen LogP contribution in [0.1, 0.15) is 37.8 Å². The van der Waals surface area contributed by atoms with Gasteiger partial charge >= 0.3 is 0 Å². The molecule has 0 bridgehead atoms. The summed E-state index contributed by atoms with van der Waals surface area (Å²) in [5.74, 6) is -0.282. The molecule has 10 heteroatoms. The highest BCUT2D eigenvalue weighted by molar-refractivity contribution is 7.92. The number of benzene rings is 3. The topological polar surface area (TPSA) is 86.8 Å². The first kappa shape index (κ1) is 32.4.